The van der Waals surface area contributed by atoms with Crippen LogP contribution in [0, 0.1) is 0 Å². The monoisotopic (exact) mass is 284 g/mol. The molecule has 7 heteroatoms. The van der Waals surface area contributed by atoms with Crippen molar-refractivity contribution < 1.29 is 17.3 Å². The molecule has 0 bridgehead atoms. The Morgan fingerprint density at radius 1 is 1.26 bits per heavy atom. The lowest BCUT2D eigenvalue weighted by molar-refractivity contribution is 0.262. The van der Waals surface area contributed by atoms with Crippen LogP contribution in [0.5, 0.6) is 5.88 Å². The number of rotatable bonds is 7. The highest BCUT2D eigenvalue weighted by molar-refractivity contribution is 7.85. The van der Waals surface area contributed by atoms with Crippen LogP contribution in [-0.4, -0.2) is 37.3 Å². The lowest BCUT2D eigenvalue weighted by atomic mass is 10.3. The Bertz CT molecular complexity index is 636. The third-order valence-electron chi connectivity index (χ3n) is 2.48. The van der Waals surface area contributed by atoms with E-state index in [4.69, 9.17) is 4.74 Å². The van der Waals surface area contributed by atoms with Gasteiger partial charge in [-0.15, -0.1) is 0 Å². The van der Waals surface area contributed by atoms with E-state index in [0.717, 1.165) is 24.2 Å². The lowest BCUT2D eigenvalue weighted by Crippen LogP contribution is -2.06. The van der Waals surface area contributed by atoms with E-state index in [1.807, 2.05) is 28.8 Å². The van der Waals surface area contributed by atoms with Crippen molar-refractivity contribution in [1.82, 2.24) is 9.38 Å². The zero-order chi connectivity index (χ0) is 13.7. The van der Waals surface area contributed by atoms with E-state index in [9.17, 15) is 8.42 Å². The van der Waals surface area contributed by atoms with Crippen LogP contribution in [0.1, 0.15) is 12.8 Å². The second-order valence-electron chi connectivity index (χ2n) is 4.10. The van der Waals surface area contributed by atoms with Gasteiger partial charge in [0.2, 0.25) is 0 Å². The Hall–Kier alpha value is -1.60. The maximum atomic E-state index is 10.7. The minimum absolute atomic E-state index is 0.192. The molecule has 0 aromatic carbocycles. The number of fused-ring (bicyclic) bond motifs is 1. The molecule has 0 N–H and O–H groups in total. The minimum atomic E-state index is -3.34. The molecule has 19 heavy (non-hydrogen) atoms. The summed E-state index contributed by atoms with van der Waals surface area (Å²) in [7, 11) is -3.34. The molecule has 0 radical (unpaired) electrons. The molecular formula is C12H16N2O4S. The fraction of sp³-hybridized carbons (Fsp3) is 0.417. The number of imidazole rings is 1. The van der Waals surface area contributed by atoms with Crippen molar-refractivity contribution in [3.05, 3.63) is 30.6 Å². The van der Waals surface area contributed by atoms with Gasteiger partial charge in [0.15, 0.2) is 5.88 Å². The van der Waals surface area contributed by atoms with Gasteiger partial charge in [-0.2, -0.15) is 8.42 Å². The average molecular weight is 284 g/mol. The fourth-order valence-electron chi connectivity index (χ4n) is 1.63. The highest BCUT2D eigenvalue weighted by Crippen LogP contribution is 2.13. The first kappa shape index (κ1) is 13.8. The molecule has 6 nitrogen and oxygen atoms in total. The molecule has 0 aliphatic heterocycles. The standard InChI is InChI=1S/C12H16N2O4S/c1-19(15,16)18-10-3-2-9-17-12-6-4-5-11-13-7-8-14(11)12/h4-8H,2-3,9-10H2,1H3. The average Bonchev–Trinajstić information content (AvgIpc) is 2.81. The van der Waals surface area contributed by atoms with Crippen LogP contribution < -0.4 is 4.74 Å². The largest absolute Gasteiger partial charge is 0.479 e. The van der Waals surface area contributed by atoms with Crippen LogP contribution in [0.4, 0.5) is 0 Å². The van der Waals surface area contributed by atoms with E-state index >= 15 is 0 Å². The quantitative estimate of drug-likeness (QED) is 0.569. The maximum absolute atomic E-state index is 10.7. The van der Waals surface area contributed by atoms with E-state index < -0.39 is 10.1 Å². The summed E-state index contributed by atoms with van der Waals surface area (Å²) in [6.07, 6.45) is 5.94. The van der Waals surface area contributed by atoms with Gasteiger partial charge in [-0.05, 0) is 25.0 Å². The third kappa shape index (κ3) is 4.22. The van der Waals surface area contributed by atoms with Crippen LogP contribution in [0.2, 0.25) is 0 Å². The summed E-state index contributed by atoms with van der Waals surface area (Å²) in [6.45, 7) is 0.696. The molecule has 104 valence electrons. The predicted molar refractivity (Wildman–Crippen MR) is 70.7 cm³/mol. The van der Waals surface area contributed by atoms with Crippen molar-refractivity contribution in [3.63, 3.8) is 0 Å². The number of ether oxygens (including phenoxy) is 1. The van der Waals surface area contributed by atoms with Gasteiger partial charge < -0.3 is 4.74 Å². The molecule has 2 heterocycles. The Kier molecular flexibility index (Phi) is 4.39. The molecule has 0 fully saturated rings. The summed E-state index contributed by atoms with van der Waals surface area (Å²) in [4.78, 5) is 4.16. The van der Waals surface area contributed by atoms with Gasteiger partial charge in [0.25, 0.3) is 10.1 Å². The van der Waals surface area contributed by atoms with Crippen molar-refractivity contribution >= 4 is 15.8 Å². The molecular weight excluding hydrogens is 268 g/mol. The molecule has 0 aliphatic rings. The summed E-state index contributed by atoms with van der Waals surface area (Å²) in [5.74, 6) is 0.721. The van der Waals surface area contributed by atoms with E-state index in [1.54, 1.807) is 6.20 Å². The van der Waals surface area contributed by atoms with Gasteiger partial charge in [0.1, 0.15) is 5.65 Å². The van der Waals surface area contributed by atoms with E-state index in [2.05, 4.69) is 9.17 Å². The van der Waals surface area contributed by atoms with Crippen molar-refractivity contribution in [2.75, 3.05) is 19.5 Å². The van der Waals surface area contributed by atoms with Gasteiger partial charge in [0, 0.05) is 12.4 Å². The molecule has 0 aliphatic carbocycles. The van der Waals surface area contributed by atoms with E-state index in [1.165, 1.54) is 0 Å². The molecule has 0 amide bonds. The number of pyridine rings is 1. The van der Waals surface area contributed by atoms with Gasteiger partial charge in [-0.1, -0.05) is 6.07 Å². The molecule has 0 saturated carbocycles. The SMILES string of the molecule is CS(=O)(=O)OCCCCOc1cccc2nccn12. The van der Waals surface area contributed by atoms with E-state index in [0.29, 0.717) is 13.0 Å². The number of unbranched alkanes of at least 4 members (excludes halogenated alkanes) is 1. The third-order valence-corrected chi connectivity index (χ3v) is 3.07. The first-order valence-corrected chi connectivity index (χ1v) is 7.77. The van der Waals surface area contributed by atoms with Crippen molar-refractivity contribution in [2.24, 2.45) is 0 Å². The smallest absolute Gasteiger partial charge is 0.264 e. The Morgan fingerprint density at radius 3 is 2.84 bits per heavy atom. The van der Waals surface area contributed by atoms with Gasteiger partial charge in [0.05, 0.1) is 19.5 Å². The Balaban J connectivity index is 1.76. The minimum Gasteiger partial charge on any atom is -0.479 e. The van der Waals surface area contributed by atoms with Crippen molar-refractivity contribution in [3.8, 4) is 5.88 Å². The zero-order valence-corrected chi connectivity index (χ0v) is 11.5. The van der Waals surface area contributed by atoms with Crippen molar-refractivity contribution in [1.29, 1.82) is 0 Å². The first-order valence-electron chi connectivity index (χ1n) is 5.95. The summed E-state index contributed by atoms with van der Waals surface area (Å²) >= 11 is 0. The van der Waals surface area contributed by atoms with Gasteiger partial charge in [-0.25, -0.2) is 4.98 Å². The van der Waals surface area contributed by atoms with Crippen LogP contribution in [0.3, 0.4) is 0 Å². The number of hydrogen-bond donors (Lipinski definition) is 0. The normalized spacial score (nSPS) is 11.8. The maximum Gasteiger partial charge on any atom is 0.264 e. The summed E-state index contributed by atoms with van der Waals surface area (Å²) in [5, 5.41) is 0. The molecule has 2 rings (SSSR count). The fourth-order valence-corrected chi connectivity index (χ4v) is 2.05. The predicted octanol–water partition coefficient (Wildman–Crippen LogP) is 1.47. The Morgan fingerprint density at radius 2 is 2.05 bits per heavy atom. The highest BCUT2D eigenvalue weighted by atomic mass is 32.2. The van der Waals surface area contributed by atoms with Crippen LogP contribution in [0.25, 0.3) is 5.65 Å². The van der Waals surface area contributed by atoms with Gasteiger partial charge in [-0.3, -0.25) is 8.58 Å². The van der Waals surface area contributed by atoms with Crippen LogP contribution >= 0.6 is 0 Å². The van der Waals surface area contributed by atoms with E-state index in [-0.39, 0.29) is 6.61 Å². The number of nitrogens with zero attached hydrogens (tertiary/aromatic N) is 2. The summed E-state index contributed by atoms with van der Waals surface area (Å²) in [6, 6.07) is 5.64. The second-order valence-corrected chi connectivity index (χ2v) is 5.75. The first-order chi connectivity index (χ1) is 9.06. The van der Waals surface area contributed by atoms with Gasteiger partial charge >= 0.3 is 0 Å². The molecule has 0 saturated heterocycles. The number of hydrogen-bond acceptors (Lipinski definition) is 5. The zero-order valence-electron chi connectivity index (χ0n) is 10.7. The van der Waals surface area contributed by atoms with Crippen LogP contribution in [0.15, 0.2) is 30.6 Å². The molecule has 2 aromatic rings. The topological polar surface area (TPSA) is 69.9 Å². The highest BCUT2D eigenvalue weighted by Gasteiger charge is 2.02. The number of aromatic nitrogens is 2. The summed E-state index contributed by atoms with van der Waals surface area (Å²) < 4.78 is 33.6. The summed E-state index contributed by atoms with van der Waals surface area (Å²) in [5.41, 5.74) is 0.831. The van der Waals surface area contributed by atoms with Crippen molar-refractivity contribution in [2.45, 2.75) is 12.8 Å². The second kappa shape index (κ2) is 6.03. The molecule has 0 unspecified atom stereocenters. The van der Waals surface area contributed by atoms with Crippen LogP contribution in [-0.2, 0) is 14.3 Å². The molecule has 0 spiro atoms. The molecule has 0 atom stereocenters. The molecule has 2 aromatic heterocycles. The Labute approximate surface area is 112 Å². The lowest BCUT2D eigenvalue weighted by Gasteiger charge is -2.08.